The van der Waals surface area contributed by atoms with Gasteiger partial charge < -0.3 is 10.2 Å². The van der Waals surface area contributed by atoms with Crippen molar-refractivity contribution in [1.29, 1.82) is 0 Å². The Labute approximate surface area is 233 Å². The number of rotatable bonds is 4. The van der Waals surface area contributed by atoms with Gasteiger partial charge >= 0.3 is 0 Å². The Morgan fingerprint density at radius 1 is 0.436 bits per heavy atom. The molecule has 2 aromatic rings. The third-order valence-electron chi connectivity index (χ3n) is 15.3. The highest BCUT2D eigenvalue weighted by Gasteiger charge is 2.71. The van der Waals surface area contributed by atoms with Crippen LogP contribution in [0.4, 0.5) is 0 Å². The maximum Gasteiger partial charge on any atom is 0.115 e. The van der Waals surface area contributed by atoms with Crippen molar-refractivity contribution in [3.8, 4) is 11.5 Å². The number of aromatic hydroxyl groups is 2. The molecule has 8 fully saturated rings. The first kappa shape index (κ1) is 22.7. The summed E-state index contributed by atoms with van der Waals surface area (Å²) < 4.78 is 0. The van der Waals surface area contributed by atoms with E-state index in [4.69, 9.17) is 0 Å². The lowest BCUT2D eigenvalue weighted by molar-refractivity contribution is 0.00874. The van der Waals surface area contributed by atoms with Gasteiger partial charge in [0.05, 0.1) is 0 Å². The minimum Gasteiger partial charge on any atom is -0.508 e. The third-order valence-corrected chi connectivity index (χ3v) is 15.3. The molecular weight excluding hydrogens is 476 g/mol. The van der Waals surface area contributed by atoms with E-state index in [-0.39, 0.29) is 5.41 Å². The van der Waals surface area contributed by atoms with Crippen LogP contribution >= 0.6 is 0 Å². The molecule has 0 saturated heterocycles. The Kier molecular flexibility index (Phi) is 4.45. The average molecular weight is 521 g/mol. The molecular formula is C37H44O2. The quantitative estimate of drug-likeness (QED) is 0.401. The molecule has 39 heavy (non-hydrogen) atoms. The summed E-state index contributed by atoms with van der Waals surface area (Å²) in [6.45, 7) is 0. The fraction of sp³-hybridized carbons (Fsp3) is 0.676. The number of hydrogen-bond donors (Lipinski definition) is 2. The van der Waals surface area contributed by atoms with E-state index in [0.29, 0.717) is 23.3 Å². The van der Waals surface area contributed by atoms with Crippen molar-refractivity contribution in [3.63, 3.8) is 0 Å². The summed E-state index contributed by atoms with van der Waals surface area (Å²) in [4.78, 5) is 0. The largest absolute Gasteiger partial charge is 0.508 e. The standard InChI is InChI=1S/C37H44O2/c38-27-9-5-25(6-10-27)37(26-7-11-28(39)12-8-26,31-17-23-15-29(31)35-21-3-1-19(13-21)33(23)35)32-18-24-16-30(32)36-22-4-2-20(14-22)34(24)36/h5-12,19-24,29-36,38-39H,1-4,13-18H2. The molecule has 0 spiro atoms. The molecule has 0 radical (unpaired) electrons. The molecule has 0 aliphatic heterocycles. The predicted octanol–water partition coefficient (Wildman–Crippen LogP) is 8.02. The molecule has 8 aliphatic rings. The number of hydrogen-bond acceptors (Lipinski definition) is 2. The Morgan fingerprint density at radius 2 is 0.821 bits per heavy atom. The van der Waals surface area contributed by atoms with E-state index < -0.39 is 0 Å². The minimum atomic E-state index is -0.000158. The van der Waals surface area contributed by atoms with Crippen LogP contribution in [0, 0.1) is 82.9 Å². The molecule has 2 aromatic carbocycles. The number of phenolic OH excluding ortho intramolecular Hbond substituents is 2. The van der Waals surface area contributed by atoms with E-state index in [1.54, 1.807) is 0 Å². The zero-order valence-electron chi connectivity index (χ0n) is 23.2. The second-order valence-electron chi connectivity index (χ2n) is 15.9. The molecule has 2 N–H and O–H groups in total. The van der Waals surface area contributed by atoms with Gasteiger partial charge in [0, 0.05) is 5.41 Å². The van der Waals surface area contributed by atoms with Crippen molar-refractivity contribution in [2.24, 2.45) is 82.9 Å². The van der Waals surface area contributed by atoms with E-state index in [1.165, 1.54) is 75.3 Å². The van der Waals surface area contributed by atoms with Crippen molar-refractivity contribution in [2.45, 2.75) is 69.6 Å². The van der Waals surface area contributed by atoms with Crippen molar-refractivity contribution in [3.05, 3.63) is 59.7 Å². The predicted molar refractivity (Wildman–Crippen MR) is 152 cm³/mol. The van der Waals surface area contributed by atoms with Crippen LogP contribution in [-0.2, 0) is 5.41 Å². The zero-order valence-corrected chi connectivity index (χ0v) is 23.2. The fourth-order valence-electron chi connectivity index (χ4n) is 15.0. The van der Waals surface area contributed by atoms with Gasteiger partial charge in [-0.1, -0.05) is 24.3 Å². The van der Waals surface area contributed by atoms with Crippen LogP contribution in [-0.4, -0.2) is 10.2 Å². The summed E-state index contributed by atoms with van der Waals surface area (Å²) >= 11 is 0. The zero-order chi connectivity index (χ0) is 25.6. The highest BCUT2D eigenvalue weighted by atomic mass is 16.3. The van der Waals surface area contributed by atoms with E-state index in [0.717, 1.165) is 71.0 Å². The second kappa shape index (κ2) is 7.65. The monoisotopic (exact) mass is 520 g/mol. The lowest BCUT2D eigenvalue weighted by Crippen LogP contribution is -2.52. The van der Waals surface area contributed by atoms with E-state index in [1.807, 2.05) is 24.3 Å². The molecule has 2 nitrogen and oxygen atoms in total. The lowest BCUT2D eigenvalue weighted by Gasteiger charge is -2.55. The van der Waals surface area contributed by atoms with Crippen LogP contribution in [0.3, 0.4) is 0 Å². The Hall–Kier alpha value is -1.96. The van der Waals surface area contributed by atoms with Crippen molar-refractivity contribution < 1.29 is 10.2 Å². The van der Waals surface area contributed by atoms with Crippen LogP contribution in [0.5, 0.6) is 11.5 Å². The maximum absolute atomic E-state index is 10.4. The fourth-order valence-corrected chi connectivity index (χ4v) is 15.0. The summed E-state index contributed by atoms with van der Waals surface area (Å²) in [5.74, 6) is 13.8. The van der Waals surface area contributed by atoms with Crippen LogP contribution in [0.1, 0.15) is 75.3 Å². The first-order chi connectivity index (χ1) is 19.1. The first-order valence-electron chi connectivity index (χ1n) is 16.7. The van der Waals surface area contributed by atoms with Crippen LogP contribution in [0.15, 0.2) is 48.5 Å². The van der Waals surface area contributed by atoms with Gasteiger partial charge in [-0.05, 0) is 182 Å². The number of fused-ring (bicyclic) bond motifs is 18. The summed E-state index contributed by atoms with van der Waals surface area (Å²) in [6.07, 6.45) is 14.8. The van der Waals surface area contributed by atoms with E-state index in [2.05, 4.69) is 24.3 Å². The maximum atomic E-state index is 10.4. The van der Waals surface area contributed by atoms with Gasteiger partial charge in [0.2, 0.25) is 0 Å². The Morgan fingerprint density at radius 3 is 1.23 bits per heavy atom. The van der Waals surface area contributed by atoms with E-state index >= 15 is 0 Å². The molecule has 0 heterocycles. The molecule has 8 aliphatic carbocycles. The molecule has 14 unspecified atom stereocenters. The molecule has 8 bridgehead atoms. The summed E-state index contributed by atoms with van der Waals surface area (Å²) in [5.41, 5.74) is 2.95. The highest BCUT2D eigenvalue weighted by molar-refractivity contribution is 5.47. The normalized spacial score (nSPS) is 49.7. The average Bonchev–Trinajstić information content (AvgIpc) is 3.81. The van der Waals surface area contributed by atoms with Gasteiger partial charge in [0.25, 0.3) is 0 Å². The molecule has 0 amide bonds. The first-order valence-corrected chi connectivity index (χ1v) is 16.7. The number of benzene rings is 2. The van der Waals surface area contributed by atoms with Crippen molar-refractivity contribution >= 4 is 0 Å². The number of phenols is 2. The van der Waals surface area contributed by atoms with E-state index in [9.17, 15) is 10.2 Å². The molecule has 204 valence electrons. The van der Waals surface area contributed by atoms with Crippen LogP contribution in [0.25, 0.3) is 0 Å². The summed E-state index contributed by atoms with van der Waals surface area (Å²) in [5, 5.41) is 20.9. The summed E-state index contributed by atoms with van der Waals surface area (Å²) in [6, 6.07) is 17.2. The van der Waals surface area contributed by atoms with Crippen molar-refractivity contribution in [2.75, 3.05) is 0 Å². The molecule has 2 heteroatoms. The third kappa shape index (κ3) is 2.71. The van der Waals surface area contributed by atoms with Gasteiger partial charge in [-0.2, -0.15) is 0 Å². The SMILES string of the molecule is Oc1ccc(C(c2ccc(O)cc2)(C2CC3CC2C2C4CCC(C4)C32)C2CC3CC2C2C4CCC(C4)C32)cc1. The van der Waals surface area contributed by atoms with Gasteiger partial charge in [-0.25, -0.2) is 0 Å². The van der Waals surface area contributed by atoms with Gasteiger partial charge in [-0.3, -0.25) is 0 Å². The van der Waals surface area contributed by atoms with Crippen LogP contribution in [0.2, 0.25) is 0 Å². The molecule has 0 aromatic heterocycles. The van der Waals surface area contributed by atoms with Gasteiger partial charge in [0.15, 0.2) is 0 Å². The Bertz CT molecular complexity index is 1190. The van der Waals surface area contributed by atoms with Gasteiger partial charge in [0.1, 0.15) is 11.5 Å². The molecule has 14 atom stereocenters. The topological polar surface area (TPSA) is 40.5 Å². The van der Waals surface area contributed by atoms with Gasteiger partial charge in [-0.15, -0.1) is 0 Å². The Balaban J connectivity index is 1.17. The highest BCUT2D eigenvalue weighted by Crippen LogP contribution is 2.76. The smallest absolute Gasteiger partial charge is 0.115 e. The summed E-state index contributed by atoms with van der Waals surface area (Å²) in [7, 11) is 0. The van der Waals surface area contributed by atoms with Crippen LogP contribution < -0.4 is 0 Å². The second-order valence-corrected chi connectivity index (χ2v) is 15.9. The minimum absolute atomic E-state index is 0.000158. The van der Waals surface area contributed by atoms with Crippen molar-refractivity contribution in [1.82, 2.24) is 0 Å². The molecule has 8 saturated carbocycles. The molecule has 10 rings (SSSR count). The lowest BCUT2D eigenvalue weighted by atomic mass is 9.48.